The van der Waals surface area contributed by atoms with E-state index in [4.69, 9.17) is 4.74 Å². The Morgan fingerprint density at radius 1 is 1.14 bits per heavy atom. The molecule has 0 radical (unpaired) electrons. The van der Waals surface area contributed by atoms with Crippen LogP contribution >= 0.6 is 0 Å². The number of hydrogen-bond donors (Lipinski definition) is 3. The smallest absolute Gasteiger partial charge is 0.408 e. The van der Waals surface area contributed by atoms with Gasteiger partial charge in [0.1, 0.15) is 11.4 Å². The van der Waals surface area contributed by atoms with E-state index >= 15 is 0 Å². The summed E-state index contributed by atoms with van der Waals surface area (Å²) in [5, 5.41) is 15.1. The monoisotopic (exact) mass is 391 g/mol. The molecule has 3 N–H and O–H groups in total. The number of phenolic OH excluding ortho intramolecular Hbond substituents is 1. The number of phenols is 1. The minimum Gasteiger partial charge on any atom is -0.507 e. The van der Waals surface area contributed by atoms with Crippen LogP contribution in [0.25, 0.3) is 0 Å². The van der Waals surface area contributed by atoms with Crippen molar-refractivity contribution in [2.75, 3.05) is 26.2 Å². The second-order valence-corrected chi connectivity index (χ2v) is 7.91. The lowest BCUT2D eigenvalue weighted by Crippen LogP contribution is -2.44. The SMILES string of the molecule is CC(C)(C)OC(=O)NCC(=O)NCC1CCN(C(=O)c2ccccc2O)CC1. The van der Waals surface area contributed by atoms with Crippen molar-refractivity contribution in [1.82, 2.24) is 15.5 Å². The van der Waals surface area contributed by atoms with E-state index in [2.05, 4.69) is 10.6 Å². The van der Waals surface area contributed by atoms with Crippen LogP contribution in [0.15, 0.2) is 24.3 Å². The third-order valence-corrected chi connectivity index (χ3v) is 4.42. The number of para-hydroxylation sites is 1. The van der Waals surface area contributed by atoms with Gasteiger partial charge in [0.25, 0.3) is 5.91 Å². The Labute approximate surface area is 165 Å². The zero-order chi connectivity index (χ0) is 20.7. The van der Waals surface area contributed by atoms with Gasteiger partial charge in [-0.25, -0.2) is 4.79 Å². The first-order valence-corrected chi connectivity index (χ1v) is 9.46. The van der Waals surface area contributed by atoms with E-state index in [1.165, 1.54) is 6.07 Å². The van der Waals surface area contributed by atoms with Gasteiger partial charge in [-0.05, 0) is 51.7 Å². The quantitative estimate of drug-likeness (QED) is 0.710. The van der Waals surface area contributed by atoms with Crippen molar-refractivity contribution in [3.05, 3.63) is 29.8 Å². The number of nitrogens with one attached hydrogen (secondary N) is 2. The molecule has 0 spiro atoms. The Morgan fingerprint density at radius 2 is 1.79 bits per heavy atom. The molecule has 2 rings (SSSR count). The highest BCUT2D eigenvalue weighted by Gasteiger charge is 2.25. The summed E-state index contributed by atoms with van der Waals surface area (Å²) in [4.78, 5) is 37.6. The Balaban J connectivity index is 1.68. The number of benzene rings is 1. The van der Waals surface area contributed by atoms with E-state index in [9.17, 15) is 19.5 Å². The van der Waals surface area contributed by atoms with Crippen molar-refractivity contribution in [2.24, 2.45) is 5.92 Å². The molecule has 8 nitrogen and oxygen atoms in total. The van der Waals surface area contributed by atoms with E-state index in [0.717, 1.165) is 12.8 Å². The summed E-state index contributed by atoms with van der Waals surface area (Å²) in [7, 11) is 0. The highest BCUT2D eigenvalue weighted by molar-refractivity contribution is 5.96. The van der Waals surface area contributed by atoms with Crippen molar-refractivity contribution in [3.63, 3.8) is 0 Å². The predicted octanol–water partition coefficient (Wildman–Crippen LogP) is 1.89. The Kier molecular flexibility index (Phi) is 7.25. The number of piperidine rings is 1. The molecule has 0 unspecified atom stereocenters. The van der Waals surface area contributed by atoms with Gasteiger partial charge < -0.3 is 25.4 Å². The van der Waals surface area contributed by atoms with Crippen LogP contribution in [0.2, 0.25) is 0 Å². The maximum Gasteiger partial charge on any atom is 0.408 e. The number of nitrogens with zero attached hydrogens (tertiary/aromatic N) is 1. The highest BCUT2D eigenvalue weighted by atomic mass is 16.6. The molecule has 1 saturated heterocycles. The maximum absolute atomic E-state index is 12.5. The van der Waals surface area contributed by atoms with E-state index in [1.807, 2.05) is 0 Å². The summed E-state index contributed by atoms with van der Waals surface area (Å²) in [5.74, 6) is -0.209. The molecule has 1 heterocycles. The van der Waals surface area contributed by atoms with Gasteiger partial charge in [-0.3, -0.25) is 9.59 Å². The minimum absolute atomic E-state index is 0.0145. The molecule has 0 aliphatic carbocycles. The van der Waals surface area contributed by atoms with Crippen molar-refractivity contribution < 1.29 is 24.2 Å². The zero-order valence-corrected chi connectivity index (χ0v) is 16.7. The molecule has 0 aromatic heterocycles. The van der Waals surface area contributed by atoms with Gasteiger partial charge in [-0.1, -0.05) is 12.1 Å². The summed E-state index contributed by atoms with van der Waals surface area (Å²) in [6.07, 6.45) is 0.900. The molecule has 0 saturated carbocycles. The molecule has 8 heteroatoms. The molecule has 154 valence electrons. The van der Waals surface area contributed by atoms with Crippen LogP contribution in [0.3, 0.4) is 0 Å². The standard InChI is InChI=1S/C20H29N3O5/c1-20(2,3)28-19(27)22-13-17(25)21-12-14-8-10-23(11-9-14)18(26)15-6-4-5-7-16(15)24/h4-7,14,24H,8-13H2,1-3H3,(H,21,25)(H,22,27). The number of amides is 3. The second kappa shape index (κ2) is 9.43. The Bertz CT molecular complexity index is 706. The van der Waals surface area contributed by atoms with E-state index in [-0.39, 0.29) is 30.0 Å². The van der Waals surface area contributed by atoms with Crippen LogP contribution in [0.5, 0.6) is 5.75 Å². The summed E-state index contributed by atoms with van der Waals surface area (Å²) in [5.41, 5.74) is -0.301. The molecule has 1 aliphatic heterocycles. The van der Waals surface area contributed by atoms with Crippen molar-refractivity contribution in [2.45, 2.75) is 39.2 Å². The molecule has 3 amide bonds. The average Bonchev–Trinajstić information content (AvgIpc) is 2.63. The van der Waals surface area contributed by atoms with Crippen molar-refractivity contribution in [3.8, 4) is 5.75 Å². The fourth-order valence-electron chi connectivity index (χ4n) is 2.95. The summed E-state index contributed by atoms with van der Waals surface area (Å²) < 4.78 is 5.08. The first-order valence-electron chi connectivity index (χ1n) is 9.46. The van der Waals surface area contributed by atoms with Gasteiger partial charge in [0.15, 0.2) is 0 Å². The van der Waals surface area contributed by atoms with E-state index in [1.54, 1.807) is 43.9 Å². The minimum atomic E-state index is -0.626. The van der Waals surface area contributed by atoms with Crippen LogP contribution in [-0.4, -0.2) is 59.7 Å². The van der Waals surface area contributed by atoms with Crippen LogP contribution in [0, 0.1) is 5.92 Å². The zero-order valence-electron chi connectivity index (χ0n) is 16.7. The van der Waals surface area contributed by atoms with Crippen molar-refractivity contribution >= 4 is 17.9 Å². The van der Waals surface area contributed by atoms with Crippen LogP contribution in [0.1, 0.15) is 44.0 Å². The molecule has 1 aliphatic rings. The fourth-order valence-corrected chi connectivity index (χ4v) is 2.95. The summed E-state index contributed by atoms with van der Waals surface area (Å²) >= 11 is 0. The fraction of sp³-hybridized carbons (Fsp3) is 0.550. The number of hydrogen-bond acceptors (Lipinski definition) is 5. The first-order chi connectivity index (χ1) is 13.2. The lowest BCUT2D eigenvalue weighted by atomic mass is 9.96. The summed E-state index contributed by atoms with van der Waals surface area (Å²) in [6.45, 7) is 6.76. The number of likely N-dealkylation sites (tertiary alicyclic amines) is 1. The van der Waals surface area contributed by atoms with E-state index < -0.39 is 11.7 Å². The normalized spacial score (nSPS) is 15.0. The van der Waals surface area contributed by atoms with Gasteiger partial charge in [0.05, 0.1) is 12.1 Å². The van der Waals surface area contributed by atoms with Crippen LogP contribution in [0.4, 0.5) is 4.79 Å². The number of rotatable bonds is 5. The van der Waals surface area contributed by atoms with Gasteiger partial charge in [-0.15, -0.1) is 0 Å². The molecular formula is C20H29N3O5. The third-order valence-electron chi connectivity index (χ3n) is 4.42. The number of carbonyl (C=O) groups excluding carboxylic acids is 3. The first kappa shape index (κ1) is 21.5. The second-order valence-electron chi connectivity index (χ2n) is 7.91. The number of aromatic hydroxyl groups is 1. The lowest BCUT2D eigenvalue weighted by molar-refractivity contribution is -0.120. The molecule has 0 bridgehead atoms. The van der Waals surface area contributed by atoms with Crippen molar-refractivity contribution in [1.29, 1.82) is 0 Å². The maximum atomic E-state index is 12.5. The molecule has 1 aromatic carbocycles. The molecular weight excluding hydrogens is 362 g/mol. The average molecular weight is 391 g/mol. The van der Waals surface area contributed by atoms with Gasteiger partial charge in [0, 0.05) is 19.6 Å². The third kappa shape index (κ3) is 6.75. The predicted molar refractivity (Wildman–Crippen MR) is 104 cm³/mol. The number of alkyl carbamates (subject to hydrolysis) is 1. The van der Waals surface area contributed by atoms with Crippen LogP contribution in [-0.2, 0) is 9.53 Å². The number of ether oxygens (including phenoxy) is 1. The topological polar surface area (TPSA) is 108 Å². The Hall–Kier alpha value is -2.77. The van der Waals surface area contributed by atoms with E-state index in [0.29, 0.717) is 25.2 Å². The van der Waals surface area contributed by atoms with Gasteiger partial charge in [0.2, 0.25) is 5.91 Å². The largest absolute Gasteiger partial charge is 0.507 e. The molecule has 1 fully saturated rings. The number of carbonyl (C=O) groups is 3. The van der Waals surface area contributed by atoms with Gasteiger partial charge >= 0.3 is 6.09 Å². The highest BCUT2D eigenvalue weighted by Crippen LogP contribution is 2.22. The lowest BCUT2D eigenvalue weighted by Gasteiger charge is -2.32. The molecule has 28 heavy (non-hydrogen) atoms. The molecule has 1 aromatic rings. The molecule has 0 atom stereocenters. The Morgan fingerprint density at radius 3 is 2.39 bits per heavy atom. The summed E-state index contributed by atoms with van der Waals surface area (Å²) in [6, 6.07) is 6.52. The van der Waals surface area contributed by atoms with Gasteiger partial charge in [-0.2, -0.15) is 0 Å². The van der Waals surface area contributed by atoms with Crippen LogP contribution < -0.4 is 10.6 Å².